The lowest BCUT2D eigenvalue weighted by Gasteiger charge is -2.13. The van der Waals surface area contributed by atoms with Crippen molar-refractivity contribution >= 4 is 20.9 Å². The van der Waals surface area contributed by atoms with Crippen molar-refractivity contribution in [1.82, 2.24) is 9.97 Å². The third-order valence-corrected chi connectivity index (χ3v) is 5.92. The number of nitrogens with one attached hydrogen (secondary N) is 1. The van der Waals surface area contributed by atoms with Gasteiger partial charge in [0.2, 0.25) is 0 Å². The summed E-state index contributed by atoms with van der Waals surface area (Å²) in [6.45, 7) is 0. The van der Waals surface area contributed by atoms with E-state index in [9.17, 15) is 26.7 Å². The Morgan fingerprint density at radius 1 is 1.03 bits per heavy atom. The second-order valence-corrected chi connectivity index (χ2v) is 8.84. The molecule has 0 amide bonds. The monoisotopic (exact) mass is 432 g/mol. The molecule has 0 aliphatic heterocycles. The van der Waals surface area contributed by atoms with Gasteiger partial charge in [-0.05, 0) is 35.9 Å². The molecule has 4 rings (SSSR count). The van der Waals surface area contributed by atoms with Gasteiger partial charge >= 0.3 is 0 Å². The van der Waals surface area contributed by atoms with Crippen molar-refractivity contribution in [3.05, 3.63) is 83.4 Å². The number of aromatic amines is 1. The molecule has 4 aromatic rings. The van der Waals surface area contributed by atoms with Gasteiger partial charge in [-0.2, -0.15) is 0 Å². The van der Waals surface area contributed by atoms with Gasteiger partial charge in [0.15, 0.2) is 21.5 Å². The molecule has 2 heterocycles. The Kier molecular flexibility index (Phi) is 4.87. The van der Waals surface area contributed by atoms with Gasteiger partial charge in [0.1, 0.15) is 17.6 Å². The van der Waals surface area contributed by atoms with Gasteiger partial charge in [0.25, 0.3) is 0 Å². The second-order valence-electron chi connectivity index (χ2n) is 6.82. The molecule has 0 fully saturated rings. The molecule has 9 heteroatoms. The van der Waals surface area contributed by atoms with E-state index >= 15 is 0 Å². The highest BCUT2D eigenvalue weighted by atomic mass is 32.2. The molecule has 0 saturated carbocycles. The van der Waals surface area contributed by atoms with Crippen LogP contribution < -0.4 is 0 Å². The van der Waals surface area contributed by atoms with Crippen LogP contribution >= 0.6 is 0 Å². The molecule has 0 aliphatic rings. The van der Waals surface area contributed by atoms with Crippen LogP contribution in [0.15, 0.2) is 59.8 Å². The summed E-state index contributed by atoms with van der Waals surface area (Å²) < 4.78 is 65.5. The maximum Gasteiger partial charge on any atom is 0.175 e. The van der Waals surface area contributed by atoms with E-state index < -0.39 is 39.0 Å². The third kappa shape index (κ3) is 3.46. The molecule has 1 atom stereocenters. The fourth-order valence-electron chi connectivity index (χ4n) is 3.26. The molecule has 0 aliphatic carbocycles. The number of rotatable bonds is 4. The zero-order valence-electron chi connectivity index (χ0n) is 15.5. The Balaban J connectivity index is 1.85. The predicted molar refractivity (Wildman–Crippen MR) is 105 cm³/mol. The lowest BCUT2D eigenvalue weighted by atomic mass is 9.99. The summed E-state index contributed by atoms with van der Waals surface area (Å²) in [4.78, 5) is 7.16. The van der Waals surface area contributed by atoms with Gasteiger partial charge in [-0.15, -0.1) is 0 Å². The zero-order valence-corrected chi connectivity index (χ0v) is 16.3. The number of aliphatic hydroxyl groups excluding tert-OH is 1. The van der Waals surface area contributed by atoms with E-state index in [-0.39, 0.29) is 10.5 Å². The molecule has 154 valence electrons. The van der Waals surface area contributed by atoms with Crippen LogP contribution in [0.5, 0.6) is 0 Å². The number of sulfone groups is 1. The third-order valence-electron chi connectivity index (χ3n) is 4.81. The van der Waals surface area contributed by atoms with E-state index in [4.69, 9.17) is 0 Å². The SMILES string of the molecule is CS(=O)(=O)c1cccc(-c2cnc3[nH]cc(C(O)c4c(F)ccc(F)c4F)c3c2)c1. The highest BCUT2D eigenvalue weighted by Gasteiger charge is 2.25. The predicted octanol–water partition coefficient (Wildman–Crippen LogP) is 4.13. The molecular weight excluding hydrogens is 417 g/mol. The van der Waals surface area contributed by atoms with E-state index in [1.807, 2.05) is 0 Å². The first-order valence-corrected chi connectivity index (χ1v) is 10.6. The molecule has 5 nitrogen and oxygen atoms in total. The number of aromatic nitrogens is 2. The Morgan fingerprint density at radius 2 is 1.77 bits per heavy atom. The lowest BCUT2D eigenvalue weighted by Crippen LogP contribution is -2.07. The maximum atomic E-state index is 14.1. The molecule has 0 spiro atoms. The molecule has 30 heavy (non-hydrogen) atoms. The standard InChI is InChI=1S/C21H15F3N2O3S/c1-30(28,29)13-4-2-3-11(7-13)12-8-14-15(10-26-21(14)25-9-12)20(27)18-16(22)5-6-17(23)19(18)24/h2-10,20,27H,1H3,(H,25,26). The van der Waals surface area contributed by atoms with Gasteiger partial charge in [-0.25, -0.2) is 26.6 Å². The number of hydrogen-bond donors (Lipinski definition) is 2. The normalized spacial score (nSPS) is 13.0. The van der Waals surface area contributed by atoms with Crippen molar-refractivity contribution in [3.8, 4) is 11.1 Å². The molecule has 2 N–H and O–H groups in total. The van der Waals surface area contributed by atoms with E-state index in [1.165, 1.54) is 24.5 Å². The largest absolute Gasteiger partial charge is 0.383 e. The van der Waals surface area contributed by atoms with Gasteiger partial charge in [-0.3, -0.25) is 0 Å². The average molecular weight is 432 g/mol. The fraction of sp³-hybridized carbons (Fsp3) is 0.0952. The highest BCUT2D eigenvalue weighted by Crippen LogP contribution is 2.34. The number of pyridine rings is 1. The van der Waals surface area contributed by atoms with Gasteiger partial charge in [0.05, 0.1) is 10.5 Å². The maximum absolute atomic E-state index is 14.1. The van der Waals surface area contributed by atoms with Crippen molar-refractivity contribution in [3.63, 3.8) is 0 Å². The van der Waals surface area contributed by atoms with Gasteiger partial charge in [0, 0.05) is 35.2 Å². The summed E-state index contributed by atoms with van der Waals surface area (Å²) in [6, 6.07) is 9.20. The van der Waals surface area contributed by atoms with Crippen LogP contribution in [0, 0.1) is 17.5 Å². The summed E-state index contributed by atoms with van der Waals surface area (Å²) in [7, 11) is -3.42. The molecule has 0 bridgehead atoms. The Hall–Kier alpha value is -3.17. The van der Waals surface area contributed by atoms with Crippen molar-refractivity contribution < 1.29 is 26.7 Å². The highest BCUT2D eigenvalue weighted by molar-refractivity contribution is 7.90. The van der Waals surface area contributed by atoms with Crippen LogP contribution in [0.25, 0.3) is 22.2 Å². The van der Waals surface area contributed by atoms with Crippen LogP contribution in [-0.4, -0.2) is 29.7 Å². The zero-order chi connectivity index (χ0) is 21.6. The van der Waals surface area contributed by atoms with Crippen molar-refractivity contribution in [2.45, 2.75) is 11.0 Å². The number of fused-ring (bicyclic) bond motifs is 1. The van der Waals surface area contributed by atoms with E-state index in [0.717, 1.165) is 12.3 Å². The Labute approximate surface area is 169 Å². The summed E-state index contributed by atoms with van der Waals surface area (Å²) in [5.74, 6) is -3.83. The number of benzene rings is 2. The first-order valence-electron chi connectivity index (χ1n) is 8.76. The van der Waals surface area contributed by atoms with Crippen LogP contribution in [-0.2, 0) is 9.84 Å². The number of halogens is 3. The van der Waals surface area contributed by atoms with Crippen LogP contribution in [0.3, 0.4) is 0 Å². The lowest BCUT2D eigenvalue weighted by molar-refractivity contribution is 0.208. The minimum Gasteiger partial charge on any atom is -0.383 e. The van der Waals surface area contributed by atoms with Crippen molar-refractivity contribution in [2.75, 3.05) is 6.26 Å². The minimum absolute atomic E-state index is 0.0991. The topological polar surface area (TPSA) is 83.0 Å². The number of aliphatic hydroxyl groups is 1. The first kappa shape index (κ1) is 20.1. The molecule has 0 saturated heterocycles. The molecule has 2 aromatic carbocycles. The van der Waals surface area contributed by atoms with E-state index in [0.29, 0.717) is 28.2 Å². The Morgan fingerprint density at radius 3 is 2.50 bits per heavy atom. The summed E-state index contributed by atoms with van der Waals surface area (Å²) in [5, 5.41) is 11.0. The van der Waals surface area contributed by atoms with Gasteiger partial charge in [-0.1, -0.05) is 12.1 Å². The van der Waals surface area contributed by atoms with E-state index in [1.54, 1.807) is 18.2 Å². The van der Waals surface area contributed by atoms with Crippen molar-refractivity contribution in [2.24, 2.45) is 0 Å². The summed E-state index contributed by atoms with van der Waals surface area (Å²) >= 11 is 0. The smallest absolute Gasteiger partial charge is 0.175 e. The quantitative estimate of drug-likeness (QED) is 0.475. The van der Waals surface area contributed by atoms with Crippen LogP contribution in [0.1, 0.15) is 17.2 Å². The number of hydrogen-bond acceptors (Lipinski definition) is 4. The van der Waals surface area contributed by atoms with E-state index in [2.05, 4.69) is 9.97 Å². The number of H-pyrrole nitrogens is 1. The molecular formula is C21H15F3N2O3S. The number of nitrogens with zero attached hydrogens (tertiary/aromatic N) is 1. The molecule has 1 unspecified atom stereocenters. The average Bonchev–Trinajstić information content (AvgIpc) is 3.13. The minimum atomic E-state index is -3.42. The molecule has 2 aromatic heterocycles. The summed E-state index contributed by atoms with van der Waals surface area (Å²) in [6.07, 6.45) is 2.15. The van der Waals surface area contributed by atoms with Gasteiger partial charge < -0.3 is 10.1 Å². The Bertz CT molecular complexity index is 1380. The second kappa shape index (κ2) is 7.26. The fourth-order valence-corrected chi connectivity index (χ4v) is 3.93. The first-order chi connectivity index (χ1) is 14.2. The van der Waals surface area contributed by atoms with Crippen LogP contribution in [0.4, 0.5) is 13.2 Å². The van der Waals surface area contributed by atoms with Crippen molar-refractivity contribution in [1.29, 1.82) is 0 Å². The summed E-state index contributed by atoms with van der Waals surface area (Å²) in [5.41, 5.74) is 0.713. The van der Waals surface area contributed by atoms with Crippen LogP contribution in [0.2, 0.25) is 0 Å². The molecule has 0 radical (unpaired) electrons.